The number of aromatic nitrogens is 5. The second kappa shape index (κ2) is 27.7. The molecule has 0 unspecified atom stereocenters. The molecule has 4 amide bonds. The zero-order valence-corrected chi connectivity index (χ0v) is 49.0. The highest BCUT2D eigenvalue weighted by molar-refractivity contribution is 7.89. The second-order valence-corrected chi connectivity index (χ2v) is 25.8. The van der Waals surface area contributed by atoms with E-state index in [1.165, 1.54) is 9.21 Å². The summed E-state index contributed by atoms with van der Waals surface area (Å²) in [5, 5.41) is 35.8. The molecule has 21 heteroatoms. The molecule has 0 radical (unpaired) electrons. The molecule has 2 saturated heterocycles. The van der Waals surface area contributed by atoms with Gasteiger partial charge >= 0.3 is 0 Å². The normalized spacial score (nSPS) is 19.5. The van der Waals surface area contributed by atoms with Crippen molar-refractivity contribution in [2.45, 2.75) is 186 Å². The average Bonchev–Trinajstić information content (AvgIpc) is 4.19. The van der Waals surface area contributed by atoms with Crippen LogP contribution in [0.4, 0.5) is 5.95 Å². The van der Waals surface area contributed by atoms with E-state index in [1.807, 2.05) is 62.2 Å². The molecule has 2 aromatic carbocycles. The summed E-state index contributed by atoms with van der Waals surface area (Å²) < 4.78 is 31.1. The molecule has 8 rings (SSSR count). The maximum absolute atomic E-state index is 14.1. The fraction of sp³-hybridized carbons (Fsp3) is 0.593. The number of fused-ring (bicyclic) bond motifs is 1. The number of benzene rings is 2. The van der Waals surface area contributed by atoms with Gasteiger partial charge in [0.25, 0.3) is 0 Å². The van der Waals surface area contributed by atoms with Gasteiger partial charge in [-0.05, 0) is 80.5 Å². The van der Waals surface area contributed by atoms with Gasteiger partial charge in [0, 0.05) is 76.8 Å². The summed E-state index contributed by atoms with van der Waals surface area (Å²) in [5.74, 6) is -0.359. The third-order valence-corrected chi connectivity index (χ3v) is 18.8. The lowest BCUT2D eigenvalue weighted by atomic mass is 9.85. The molecule has 1 aliphatic carbocycles. The number of anilines is 1. The lowest BCUT2D eigenvalue weighted by Gasteiger charge is -2.35. The van der Waals surface area contributed by atoms with Gasteiger partial charge in [0.2, 0.25) is 39.6 Å². The Kier molecular flexibility index (Phi) is 20.9. The summed E-state index contributed by atoms with van der Waals surface area (Å²) in [6.45, 7) is 11.9. The van der Waals surface area contributed by atoms with Crippen LogP contribution < -0.4 is 16.0 Å². The summed E-state index contributed by atoms with van der Waals surface area (Å²) in [5.41, 5.74) is 6.25. The van der Waals surface area contributed by atoms with E-state index < -0.39 is 33.6 Å². The van der Waals surface area contributed by atoms with Crippen molar-refractivity contribution in [3.05, 3.63) is 71.5 Å². The van der Waals surface area contributed by atoms with E-state index in [0.29, 0.717) is 56.1 Å². The van der Waals surface area contributed by atoms with Crippen molar-refractivity contribution in [3.63, 3.8) is 0 Å². The van der Waals surface area contributed by atoms with Crippen molar-refractivity contribution in [3.8, 4) is 21.7 Å². The van der Waals surface area contributed by atoms with Crippen LogP contribution in [0, 0.1) is 12.3 Å². The van der Waals surface area contributed by atoms with E-state index in [0.717, 1.165) is 110 Å². The number of aryl methyl sites for hydroxylation is 1. The predicted octanol–water partition coefficient (Wildman–Crippen LogP) is 8.16. The summed E-state index contributed by atoms with van der Waals surface area (Å²) in [7, 11) is -3.80. The first-order valence-corrected chi connectivity index (χ1v) is 31.3. The molecule has 5 N–H and O–H groups in total. The Morgan fingerprint density at radius 1 is 0.800 bits per heavy atom. The van der Waals surface area contributed by atoms with Crippen molar-refractivity contribution in [1.29, 1.82) is 0 Å². The van der Waals surface area contributed by atoms with Crippen molar-refractivity contribution < 1.29 is 37.8 Å². The van der Waals surface area contributed by atoms with Gasteiger partial charge in [-0.15, -0.1) is 11.3 Å². The summed E-state index contributed by atoms with van der Waals surface area (Å²) in [4.78, 5) is 72.2. The SMILES string of the molecule is CCCCNc1ncc2c(-c3ccc(S(=O)(=O)N4CCN(C(=O)CCCCCCCCCCC(=O)N[C@H](C(=O)N5C[C@H](O)C[C@H]5C(=O)NCc5ccc(-c6scnc6C)cc5)C(C)(C)C)CC4)cc3)nn(C3CCC(O)CC3)c2n1. The quantitative estimate of drug-likeness (QED) is 0.0347. The van der Waals surface area contributed by atoms with Crippen LogP contribution in [0.15, 0.2) is 65.1 Å². The maximum atomic E-state index is 14.1. The van der Waals surface area contributed by atoms with Gasteiger partial charge < -0.3 is 36.0 Å². The minimum Gasteiger partial charge on any atom is -0.393 e. The molecule has 5 heterocycles. The number of hydrogen-bond acceptors (Lipinski definition) is 14. The van der Waals surface area contributed by atoms with Crippen molar-refractivity contribution >= 4 is 62.0 Å². The van der Waals surface area contributed by atoms with Crippen LogP contribution >= 0.6 is 11.3 Å². The fourth-order valence-corrected chi connectivity index (χ4v) is 13.3. The lowest BCUT2D eigenvalue weighted by molar-refractivity contribution is -0.144. The highest BCUT2D eigenvalue weighted by atomic mass is 32.2. The summed E-state index contributed by atoms with van der Waals surface area (Å²) in [6.07, 6.45) is 13.7. The number of aliphatic hydroxyl groups is 2. The number of unbranched alkanes of at least 4 members (excludes halogenated alkanes) is 8. The van der Waals surface area contributed by atoms with Gasteiger partial charge in [0.1, 0.15) is 17.8 Å². The molecule has 80 heavy (non-hydrogen) atoms. The number of nitrogens with one attached hydrogen (secondary N) is 3. The summed E-state index contributed by atoms with van der Waals surface area (Å²) >= 11 is 1.58. The van der Waals surface area contributed by atoms with Crippen LogP contribution in [-0.4, -0.2) is 145 Å². The minimum absolute atomic E-state index is 0.0158. The van der Waals surface area contributed by atoms with E-state index in [9.17, 15) is 37.8 Å². The van der Waals surface area contributed by atoms with Gasteiger partial charge in [-0.1, -0.05) is 109 Å². The number of carbonyl (C=O) groups excluding carboxylic acids is 4. The molecule has 19 nitrogen and oxygen atoms in total. The van der Waals surface area contributed by atoms with E-state index in [-0.39, 0.29) is 79.7 Å². The topological polar surface area (TPSA) is 245 Å². The molecule has 3 aliphatic rings. The standard InChI is InChI=1S/C59H83N11O8S2/c1-6-7-30-60-58-62-37-48-52(66-70(55(48)65-58)44-24-26-45(71)27-25-44)42-22-28-47(29-23-42)80(77,78)68-33-31-67(32-34-68)51(74)17-15-13-11-9-8-10-12-14-16-50(73)64-54(59(3,4)5)57(76)69-38-46(72)35-49(69)56(75)61-36-41-18-20-43(21-19-41)53-40(2)63-39-79-53/h18-23,28-29,37,39,44-46,49,54,71-72H,6-17,24-27,30-36,38H2,1-5H3,(H,61,75)(H,64,73)(H,60,62,65)/t44?,45?,46-,49+,54-/m1/s1. The Bertz CT molecular complexity index is 2980. The van der Waals surface area contributed by atoms with Crippen LogP contribution in [0.3, 0.4) is 0 Å². The third-order valence-electron chi connectivity index (χ3n) is 15.9. The average molecular weight is 1140 g/mol. The van der Waals surface area contributed by atoms with Gasteiger partial charge in [-0.3, -0.25) is 19.2 Å². The lowest BCUT2D eigenvalue weighted by Crippen LogP contribution is -2.57. The zero-order valence-electron chi connectivity index (χ0n) is 47.4. The van der Waals surface area contributed by atoms with Gasteiger partial charge in [0.15, 0.2) is 5.65 Å². The summed E-state index contributed by atoms with van der Waals surface area (Å²) in [6, 6.07) is 13.1. The molecular weight excluding hydrogens is 1050 g/mol. The Labute approximate surface area is 475 Å². The molecule has 2 aliphatic heterocycles. The number of likely N-dealkylation sites (tertiary alicyclic amines) is 1. The molecule has 3 aromatic heterocycles. The van der Waals surface area contributed by atoms with Crippen LogP contribution in [0.2, 0.25) is 0 Å². The van der Waals surface area contributed by atoms with Gasteiger partial charge in [-0.2, -0.15) is 14.4 Å². The minimum atomic E-state index is -3.80. The smallest absolute Gasteiger partial charge is 0.246 e. The number of nitrogens with zero attached hydrogens (tertiary/aromatic N) is 8. The molecule has 434 valence electrons. The highest BCUT2D eigenvalue weighted by Crippen LogP contribution is 2.36. The molecule has 3 atom stereocenters. The largest absolute Gasteiger partial charge is 0.393 e. The number of carbonyl (C=O) groups is 4. The second-order valence-electron chi connectivity index (χ2n) is 23.0. The van der Waals surface area contributed by atoms with Gasteiger partial charge in [0.05, 0.1) is 44.6 Å². The molecule has 3 fully saturated rings. The van der Waals surface area contributed by atoms with Crippen molar-refractivity contribution in [2.24, 2.45) is 5.41 Å². The van der Waals surface area contributed by atoms with Crippen LogP contribution in [0.5, 0.6) is 0 Å². The van der Waals surface area contributed by atoms with Crippen LogP contribution in [0.1, 0.15) is 154 Å². The van der Waals surface area contributed by atoms with Crippen LogP contribution in [0.25, 0.3) is 32.7 Å². The number of sulfonamides is 1. The number of rotatable bonds is 25. The van der Waals surface area contributed by atoms with Crippen molar-refractivity contribution in [1.82, 2.24) is 49.5 Å². The van der Waals surface area contributed by atoms with E-state index >= 15 is 0 Å². The Morgan fingerprint density at radius 3 is 2.09 bits per heavy atom. The zero-order chi connectivity index (χ0) is 57.0. The maximum Gasteiger partial charge on any atom is 0.246 e. The molecular formula is C59H83N11O8S2. The number of hydrogen-bond donors (Lipinski definition) is 5. The Balaban J connectivity index is 0.707. The number of amides is 4. The van der Waals surface area contributed by atoms with E-state index in [2.05, 4.69) is 32.8 Å². The van der Waals surface area contributed by atoms with Crippen molar-refractivity contribution in [2.75, 3.05) is 44.6 Å². The van der Waals surface area contributed by atoms with E-state index in [4.69, 9.17) is 10.1 Å². The first-order chi connectivity index (χ1) is 38.4. The predicted molar refractivity (Wildman–Crippen MR) is 311 cm³/mol. The Morgan fingerprint density at radius 2 is 1.45 bits per heavy atom. The number of piperazine rings is 1. The monoisotopic (exact) mass is 1140 g/mol. The number of aliphatic hydroxyl groups excluding tert-OH is 2. The first kappa shape index (κ1) is 60.2. The Hall–Kier alpha value is -5.87. The molecule has 0 spiro atoms. The number of thiazole rings is 1. The molecule has 0 bridgehead atoms. The highest BCUT2D eigenvalue weighted by Gasteiger charge is 2.44. The first-order valence-electron chi connectivity index (χ1n) is 29.0. The fourth-order valence-electron chi connectivity index (χ4n) is 11.1. The third kappa shape index (κ3) is 15.4. The van der Waals surface area contributed by atoms with E-state index in [1.54, 1.807) is 46.7 Å². The number of β-amino-alcohol motifs (C(OH)–C–C–N with tert-alkyl or cyclic N) is 1. The van der Waals surface area contributed by atoms with Crippen LogP contribution in [-0.2, 0) is 35.7 Å². The molecule has 1 saturated carbocycles. The van der Waals surface area contributed by atoms with Gasteiger partial charge in [-0.25, -0.2) is 23.1 Å². The molecule has 5 aromatic rings.